The van der Waals surface area contributed by atoms with Crippen LogP contribution in [0.2, 0.25) is 0 Å². The van der Waals surface area contributed by atoms with E-state index in [1.165, 1.54) is 32.1 Å². The lowest BCUT2D eigenvalue weighted by Gasteiger charge is -2.24. The highest BCUT2D eigenvalue weighted by Crippen LogP contribution is 2.23. The van der Waals surface area contributed by atoms with Crippen LogP contribution < -0.4 is 0 Å². The first-order valence-corrected chi connectivity index (χ1v) is 5.18. The molecule has 1 saturated carbocycles. The third kappa shape index (κ3) is 2.20. The lowest BCUT2D eigenvalue weighted by atomic mass is 9.97. The van der Waals surface area contributed by atoms with E-state index < -0.39 is 0 Å². The van der Waals surface area contributed by atoms with Gasteiger partial charge in [-0.1, -0.05) is 19.3 Å². The maximum atomic E-state index is 5.93. The summed E-state index contributed by atoms with van der Waals surface area (Å²) in [5.74, 6) is 0. The largest absolute Gasteiger partial charge is 0.379 e. The number of hydrogen-bond donors (Lipinski definition) is 0. The quantitative estimate of drug-likeness (QED) is 0.632. The van der Waals surface area contributed by atoms with Gasteiger partial charge in [0.25, 0.3) is 0 Å². The van der Waals surface area contributed by atoms with E-state index in [2.05, 4.69) is 0 Å². The van der Waals surface area contributed by atoms with Crippen LogP contribution in [-0.2, 0) is 9.47 Å². The Bertz CT molecular complexity index is 124. The summed E-state index contributed by atoms with van der Waals surface area (Å²) < 4.78 is 11.2. The summed E-state index contributed by atoms with van der Waals surface area (Å²) >= 11 is 0. The van der Waals surface area contributed by atoms with Crippen molar-refractivity contribution < 1.29 is 9.47 Å². The summed E-state index contributed by atoms with van der Waals surface area (Å²) in [4.78, 5) is 0. The molecule has 0 aromatic heterocycles. The van der Waals surface area contributed by atoms with Crippen molar-refractivity contribution >= 4 is 0 Å². The molecule has 0 aromatic rings. The molecule has 70 valence electrons. The lowest BCUT2D eigenvalue weighted by molar-refractivity contribution is -0.0319. The summed E-state index contributed by atoms with van der Waals surface area (Å²) in [5, 5.41) is 0. The Morgan fingerprint density at radius 1 is 0.917 bits per heavy atom. The topological polar surface area (TPSA) is 18.5 Å². The Hall–Kier alpha value is -0.0800. The van der Waals surface area contributed by atoms with Crippen molar-refractivity contribution in [3.63, 3.8) is 0 Å². The van der Waals surface area contributed by atoms with Crippen molar-refractivity contribution in [1.82, 2.24) is 0 Å². The first-order chi connectivity index (χ1) is 5.95. The minimum Gasteiger partial charge on any atom is -0.379 e. The van der Waals surface area contributed by atoms with Crippen molar-refractivity contribution in [2.75, 3.05) is 13.2 Å². The van der Waals surface area contributed by atoms with Crippen molar-refractivity contribution in [3.8, 4) is 0 Å². The molecule has 0 radical (unpaired) electrons. The Labute approximate surface area is 74.2 Å². The van der Waals surface area contributed by atoms with Gasteiger partial charge in [-0.2, -0.15) is 0 Å². The third-order valence-electron chi connectivity index (χ3n) is 2.83. The molecule has 2 fully saturated rings. The molecule has 1 atom stereocenters. The fourth-order valence-corrected chi connectivity index (χ4v) is 2.09. The molecule has 2 nitrogen and oxygen atoms in total. The van der Waals surface area contributed by atoms with Crippen LogP contribution in [0.4, 0.5) is 0 Å². The molecule has 2 aliphatic rings. The van der Waals surface area contributed by atoms with Crippen LogP contribution in [0.5, 0.6) is 0 Å². The molecule has 0 spiro atoms. The van der Waals surface area contributed by atoms with Crippen LogP contribution in [0, 0.1) is 0 Å². The van der Waals surface area contributed by atoms with Gasteiger partial charge in [-0.25, -0.2) is 0 Å². The van der Waals surface area contributed by atoms with Crippen molar-refractivity contribution in [2.45, 2.75) is 50.7 Å². The zero-order valence-corrected chi connectivity index (χ0v) is 7.63. The fourth-order valence-electron chi connectivity index (χ4n) is 2.09. The molecule has 1 saturated heterocycles. The average Bonchev–Trinajstić information content (AvgIpc) is 2.59. The Morgan fingerprint density at radius 2 is 1.75 bits per heavy atom. The van der Waals surface area contributed by atoms with E-state index >= 15 is 0 Å². The molecule has 1 aliphatic carbocycles. The zero-order chi connectivity index (χ0) is 8.23. The zero-order valence-electron chi connectivity index (χ0n) is 7.63. The van der Waals surface area contributed by atoms with Crippen LogP contribution in [0.1, 0.15) is 38.5 Å². The molecule has 1 heterocycles. The van der Waals surface area contributed by atoms with Crippen molar-refractivity contribution in [2.24, 2.45) is 0 Å². The van der Waals surface area contributed by atoms with Gasteiger partial charge in [0.15, 0.2) is 0 Å². The monoisotopic (exact) mass is 170 g/mol. The first-order valence-electron chi connectivity index (χ1n) is 5.18. The van der Waals surface area contributed by atoms with Crippen LogP contribution in [0.3, 0.4) is 0 Å². The lowest BCUT2D eigenvalue weighted by Crippen LogP contribution is -2.24. The van der Waals surface area contributed by atoms with Gasteiger partial charge >= 0.3 is 0 Å². The second-order valence-electron chi connectivity index (χ2n) is 3.88. The van der Waals surface area contributed by atoms with Crippen LogP contribution in [-0.4, -0.2) is 25.4 Å². The van der Waals surface area contributed by atoms with Gasteiger partial charge in [0, 0.05) is 6.61 Å². The van der Waals surface area contributed by atoms with Gasteiger partial charge in [0.1, 0.15) is 0 Å². The minimum absolute atomic E-state index is 0.410. The molecule has 0 bridgehead atoms. The van der Waals surface area contributed by atoms with E-state index in [0.29, 0.717) is 12.2 Å². The SMILES string of the molecule is C1CCC(O[C@H]2CCOC2)CC1. The summed E-state index contributed by atoms with van der Waals surface area (Å²) in [6.07, 6.45) is 8.74. The standard InChI is InChI=1S/C10H18O2/c1-2-4-9(5-3-1)12-10-6-7-11-8-10/h9-10H,1-8H2/t10-/m0/s1. The Kier molecular flexibility index (Phi) is 3.01. The second-order valence-corrected chi connectivity index (χ2v) is 3.88. The third-order valence-corrected chi connectivity index (χ3v) is 2.83. The molecule has 1 aliphatic heterocycles. The Morgan fingerprint density at radius 3 is 2.42 bits per heavy atom. The molecular weight excluding hydrogens is 152 g/mol. The van der Waals surface area contributed by atoms with Crippen LogP contribution in [0.25, 0.3) is 0 Å². The summed E-state index contributed by atoms with van der Waals surface area (Å²) in [6, 6.07) is 0. The first kappa shape index (κ1) is 8.52. The second kappa shape index (κ2) is 4.24. The average molecular weight is 170 g/mol. The van der Waals surface area contributed by atoms with Crippen LogP contribution in [0.15, 0.2) is 0 Å². The maximum Gasteiger partial charge on any atom is 0.0834 e. The molecule has 0 N–H and O–H groups in total. The summed E-state index contributed by atoms with van der Waals surface area (Å²) in [7, 11) is 0. The molecule has 2 rings (SSSR count). The van der Waals surface area contributed by atoms with E-state index in [1.807, 2.05) is 0 Å². The van der Waals surface area contributed by atoms with Gasteiger partial charge < -0.3 is 9.47 Å². The molecule has 0 amide bonds. The summed E-state index contributed by atoms with van der Waals surface area (Å²) in [6.45, 7) is 1.73. The number of rotatable bonds is 2. The van der Waals surface area contributed by atoms with E-state index in [4.69, 9.17) is 9.47 Å². The van der Waals surface area contributed by atoms with Gasteiger partial charge in [-0.15, -0.1) is 0 Å². The number of hydrogen-bond acceptors (Lipinski definition) is 2. The maximum absolute atomic E-state index is 5.93. The summed E-state index contributed by atoms with van der Waals surface area (Å²) in [5.41, 5.74) is 0. The molecule has 12 heavy (non-hydrogen) atoms. The van der Waals surface area contributed by atoms with E-state index in [-0.39, 0.29) is 0 Å². The molecule has 2 heteroatoms. The highest BCUT2D eigenvalue weighted by Gasteiger charge is 2.22. The normalized spacial score (nSPS) is 32.5. The predicted octanol–water partition coefficient (Wildman–Crippen LogP) is 2.12. The Balaban J connectivity index is 1.69. The smallest absolute Gasteiger partial charge is 0.0834 e. The fraction of sp³-hybridized carbons (Fsp3) is 1.00. The highest BCUT2D eigenvalue weighted by molar-refractivity contribution is 4.70. The van der Waals surface area contributed by atoms with E-state index in [9.17, 15) is 0 Å². The molecule has 0 aromatic carbocycles. The minimum atomic E-state index is 0.410. The van der Waals surface area contributed by atoms with Crippen molar-refractivity contribution in [1.29, 1.82) is 0 Å². The van der Waals surface area contributed by atoms with Crippen molar-refractivity contribution in [3.05, 3.63) is 0 Å². The van der Waals surface area contributed by atoms with Gasteiger partial charge in [-0.3, -0.25) is 0 Å². The highest BCUT2D eigenvalue weighted by atomic mass is 16.5. The van der Waals surface area contributed by atoms with E-state index in [0.717, 1.165) is 19.6 Å². The predicted molar refractivity (Wildman–Crippen MR) is 47.2 cm³/mol. The molecular formula is C10H18O2. The van der Waals surface area contributed by atoms with Gasteiger partial charge in [-0.05, 0) is 19.3 Å². The van der Waals surface area contributed by atoms with Crippen LogP contribution >= 0.6 is 0 Å². The van der Waals surface area contributed by atoms with E-state index in [1.54, 1.807) is 0 Å². The van der Waals surface area contributed by atoms with Gasteiger partial charge in [0.05, 0.1) is 18.8 Å². The number of ether oxygens (including phenoxy) is 2. The molecule has 0 unspecified atom stereocenters. The van der Waals surface area contributed by atoms with Gasteiger partial charge in [0.2, 0.25) is 0 Å².